The molecular formula is C28H43FN6O4. The number of aliphatic hydroxyl groups is 1. The van der Waals surface area contributed by atoms with E-state index in [1.807, 2.05) is 9.80 Å². The van der Waals surface area contributed by atoms with Gasteiger partial charge < -0.3 is 24.8 Å². The molecule has 1 amide bonds. The number of carbonyl (C=O) groups excluding carboxylic acids is 1. The van der Waals surface area contributed by atoms with Gasteiger partial charge in [-0.25, -0.2) is 9.07 Å². The molecule has 3 atom stereocenters. The van der Waals surface area contributed by atoms with Crippen LogP contribution in [0.25, 0.3) is 5.69 Å². The summed E-state index contributed by atoms with van der Waals surface area (Å²) in [6, 6.07) is 6.38. The number of methoxy groups -OCH3 is 1. The maximum absolute atomic E-state index is 14.8. The first kappa shape index (κ1) is 29.5. The van der Waals surface area contributed by atoms with E-state index >= 15 is 0 Å². The third kappa shape index (κ3) is 7.40. The number of carbonyl (C=O) groups is 1. The highest BCUT2D eigenvalue weighted by Gasteiger charge is 2.37. The Morgan fingerprint density at radius 3 is 2.74 bits per heavy atom. The summed E-state index contributed by atoms with van der Waals surface area (Å²) in [7, 11) is 1.67. The Morgan fingerprint density at radius 1 is 1.26 bits per heavy atom. The monoisotopic (exact) mass is 546 g/mol. The van der Waals surface area contributed by atoms with Crippen molar-refractivity contribution in [2.75, 3.05) is 59.7 Å². The number of hydrogen-bond acceptors (Lipinski definition) is 8. The minimum Gasteiger partial charge on any atom is -0.385 e. The van der Waals surface area contributed by atoms with Crippen LogP contribution in [0.3, 0.4) is 0 Å². The standard InChI is InChI=1S/C28H43FN6O4/c1-20(2)19-34(22-16-21(17-30-18-22)27(36)33-11-14-39-15-12-33)28(37)26-25(10-6-7-13-38-3)35(32-31-26)24-9-5-4-8-23(24)29/h4-5,8-9,20-22,28,30,37H,6-7,10-19H2,1-3H3/t21-,22+,28?/m1/s1. The molecule has 2 N–H and O–H groups in total. The van der Waals surface area contributed by atoms with Crippen LogP contribution in [0.4, 0.5) is 4.39 Å². The van der Waals surface area contributed by atoms with Gasteiger partial charge in [-0.05, 0) is 43.7 Å². The summed E-state index contributed by atoms with van der Waals surface area (Å²) < 4.78 is 26.9. The van der Waals surface area contributed by atoms with Crippen LogP contribution in [-0.2, 0) is 20.7 Å². The zero-order valence-corrected chi connectivity index (χ0v) is 23.4. The number of hydrogen-bond donors (Lipinski definition) is 2. The van der Waals surface area contributed by atoms with Crippen LogP contribution in [0.5, 0.6) is 0 Å². The lowest BCUT2D eigenvalue weighted by Gasteiger charge is -2.41. The highest BCUT2D eigenvalue weighted by Crippen LogP contribution is 2.30. The van der Waals surface area contributed by atoms with Gasteiger partial charge in [-0.1, -0.05) is 31.2 Å². The van der Waals surface area contributed by atoms with Crippen molar-refractivity contribution in [2.24, 2.45) is 11.8 Å². The van der Waals surface area contributed by atoms with E-state index in [-0.39, 0.29) is 23.8 Å². The van der Waals surface area contributed by atoms with E-state index < -0.39 is 12.0 Å². The van der Waals surface area contributed by atoms with Gasteiger partial charge in [0, 0.05) is 52.5 Å². The number of aromatic nitrogens is 3. The molecule has 1 aromatic carbocycles. The minimum atomic E-state index is -1.05. The summed E-state index contributed by atoms with van der Waals surface area (Å²) in [5.41, 5.74) is 1.41. The van der Waals surface area contributed by atoms with Crippen LogP contribution in [0.2, 0.25) is 0 Å². The predicted octanol–water partition coefficient (Wildman–Crippen LogP) is 2.16. The van der Waals surface area contributed by atoms with E-state index in [2.05, 4.69) is 29.5 Å². The van der Waals surface area contributed by atoms with Crippen LogP contribution in [-0.4, -0.2) is 102 Å². The second-order valence-electron chi connectivity index (χ2n) is 10.9. The van der Waals surface area contributed by atoms with E-state index in [1.54, 1.807) is 25.3 Å². The number of rotatable bonds is 12. The molecule has 3 heterocycles. The molecule has 10 nitrogen and oxygen atoms in total. The fourth-order valence-electron chi connectivity index (χ4n) is 5.53. The van der Waals surface area contributed by atoms with Gasteiger partial charge in [0.2, 0.25) is 5.91 Å². The molecule has 11 heteroatoms. The van der Waals surface area contributed by atoms with Crippen LogP contribution >= 0.6 is 0 Å². The summed E-state index contributed by atoms with van der Waals surface area (Å²) in [5.74, 6) is -0.173. The predicted molar refractivity (Wildman–Crippen MR) is 145 cm³/mol. The van der Waals surface area contributed by atoms with Crippen LogP contribution in [0.1, 0.15) is 50.7 Å². The van der Waals surface area contributed by atoms with E-state index in [4.69, 9.17) is 9.47 Å². The number of ether oxygens (including phenoxy) is 2. The number of aliphatic hydroxyl groups excluding tert-OH is 1. The molecule has 0 spiro atoms. The van der Waals surface area contributed by atoms with E-state index in [1.165, 1.54) is 10.7 Å². The smallest absolute Gasteiger partial charge is 0.227 e. The minimum absolute atomic E-state index is 0.0777. The maximum atomic E-state index is 14.8. The zero-order valence-electron chi connectivity index (χ0n) is 23.4. The van der Waals surface area contributed by atoms with Gasteiger partial charge in [0.05, 0.1) is 24.8 Å². The molecule has 39 heavy (non-hydrogen) atoms. The van der Waals surface area contributed by atoms with Gasteiger partial charge in [-0.15, -0.1) is 5.10 Å². The van der Waals surface area contributed by atoms with Crippen molar-refractivity contribution in [3.8, 4) is 5.69 Å². The van der Waals surface area contributed by atoms with Gasteiger partial charge in [0.15, 0.2) is 6.23 Å². The Hall–Kier alpha value is -2.44. The molecule has 4 rings (SSSR count). The van der Waals surface area contributed by atoms with Gasteiger partial charge >= 0.3 is 0 Å². The third-order valence-corrected chi connectivity index (χ3v) is 7.49. The first-order chi connectivity index (χ1) is 18.9. The number of para-hydroxylation sites is 1. The number of unbranched alkanes of at least 4 members (excludes halogenated alkanes) is 1. The molecule has 2 aliphatic heterocycles. The normalized spacial score (nSPS) is 21.1. The molecule has 1 aromatic heterocycles. The fourth-order valence-corrected chi connectivity index (χ4v) is 5.53. The molecule has 216 valence electrons. The molecule has 2 aliphatic rings. The first-order valence-electron chi connectivity index (χ1n) is 14.1. The summed E-state index contributed by atoms with van der Waals surface area (Å²) in [6.07, 6.45) is 1.75. The molecule has 0 radical (unpaired) electrons. The van der Waals surface area contributed by atoms with Crippen molar-refractivity contribution < 1.29 is 23.8 Å². The Kier molecular flexibility index (Phi) is 10.8. The van der Waals surface area contributed by atoms with E-state index in [0.717, 1.165) is 12.8 Å². The Morgan fingerprint density at radius 2 is 2.03 bits per heavy atom. The van der Waals surface area contributed by atoms with Crippen LogP contribution in [0.15, 0.2) is 24.3 Å². The highest BCUT2D eigenvalue weighted by molar-refractivity contribution is 5.79. The molecule has 2 aromatic rings. The van der Waals surface area contributed by atoms with Crippen molar-refractivity contribution in [1.29, 1.82) is 0 Å². The lowest BCUT2D eigenvalue weighted by atomic mass is 9.92. The quantitative estimate of drug-likeness (QED) is 0.308. The summed E-state index contributed by atoms with van der Waals surface area (Å²) in [4.78, 5) is 17.2. The second kappa shape index (κ2) is 14.3. The van der Waals surface area contributed by atoms with Crippen molar-refractivity contribution >= 4 is 5.91 Å². The molecule has 0 saturated carbocycles. The van der Waals surface area contributed by atoms with Crippen LogP contribution < -0.4 is 5.32 Å². The van der Waals surface area contributed by atoms with Gasteiger partial charge in [-0.2, -0.15) is 0 Å². The summed E-state index contributed by atoms with van der Waals surface area (Å²) in [6.45, 7) is 9.08. The molecule has 2 saturated heterocycles. The number of amides is 1. The van der Waals surface area contributed by atoms with Gasteiger partial charge in [-0.3, -0.25) is 9.69 Å². The van der Waals surface area contributed by atoms with Crippen molar-refractivity contribution in [3.05, 3.63) is 41.5 Å². The number of piperidine rings is 1. The number of nitrogens with zero attached hydrogens (tertiary/aromatic N) is 5. The molecule has 0 bridgehead atoms. The maximum Gasteiger partial charge on any atom is 0.227 e. The first-order valence-corrected chi connectivity index (χ1v) is 14.1. The van der Waals surface area contributed by atoms with E-state index in [9.17, 15) is 14.3 Å². The SMILES string of the molecule is COCCCCc1c(C(O)N(CC(C)C)[C@@H]2CNC[C@H](C(=O)N3CCOCC3)C2)nnn1-c1ccccc1F. The second-order valence-corrected chi connectivity index (χ2v) is 10.9. The summed E-state index contributed by atoms with van der Waals surface area (Å²) >= 11 is 0. The number of nitrogens with one attached hydrogen (secondary N) is 1. The molecule has 0 aliphatic carbocycles. The van der Waals surface area contributed by atoms with Crippen LogP contribution in [0, 0.1) is 17.7 Å². The average molecular weight is 547 g/mol. The summed E-state index contributed by atoms with van der Waals surface area (Å²) in [5, 5.41) is 23.9. The topological polar surface area (TPSA) is 105 Å². The largest absolute Gasteiger partial charge is 0.385 e. The average Bonchev–Trinajstić information content (AvgIpc) is 3.37. The van der Waals surface area contributed by atoms with Crippen molar-refractivity contribution in [1.82, 2.24) is 30.1 Å². The Labute approximate surface area is 230 Å². The molecular weight excluding hydrogens is 503 g/mol. The zero-order chi connectivity index (χ0) is 27.8. The lowest BCUT2D eigenvalue weighted by molar-refractivity contribution is -0.141. The number of benzene rings is 1. The Bertz CT molecular complexity index is 1060. The molecule has 2 fully saturated rings. The highest BCUT2D eigenvalue weighted by atomic mass is 19.1. The third-order valence-electron chi connectivity index (χ3n) is 7.49. The fraction of sp³-hybridized carbons (Fsp3) is 0.679. The number of morpholine rings is 1. The molecule has 1 unspecified atom stereocenters. The van der Waals surface area contributed by atoms with Gasteiger partial charge in [0.1, 0.15) is 17.2 Å². The van der Waals surface area contributed by atoms with Gasteiger partial charge in [0.25, 0.3) is 0 Å². The van der Waals surface area contributed by atoms with Crippen molar-refractivity contribution in [3.63, 3.8) is 0 Å². The lowest BCUT2D eigenvalue weighted by Crippen LogP contribution is -2.55. The van der Waals surface area contributed by atoms with Crippen molar-refractivity contribution in [2.45, 2.75) is 51.8 Å². The Balaban J connectivity index is 1.60. The number of halogens is 1. The van der Waals surface area contributed by atoms with E-state index in [0.29, 0.717) is 82.5 Å².